The van der Waals surface area contributed by atoms with Crippen LogP contribution >= 0.6 is 0 Å². The number of methoxy groups -OCH3 is 2. The first-order valence-electron chi connectivity index (χ1n) is 13.5. The summed E-state index contributed by atoms with van der Waals surface area (Å²) in [7, 11) is 3.24. The molecule has 0 N–H and O–H groups in total. The van der Waals surface area contributed by atoms with Gasteiger partial charge in [0.05, 0.1) is 26.3 Å². The van der Waals surface area contributed by atoms with Crippen molar-refractivity contribution in [2.24, 2.45) is 0 Å². The standard InChI is InChI=1S/C30H35N5O4/c1-38-24-11-12-25(27(20-24)39-2)26-13-14-28(32-31-26)33-15-6-16-34(18-17-33)30(37)21-35(23-9-10-23)29(36)19-22-7-4-3-5-8-22/h3-5,7-8,11-14,20,23H,6,9-10,15-19,21H2,1-2H3. The van der Waals surface area contributed by atoms with Crippen molar-refractivity contribution >= 4 is 17.6 Å². The minimum Gasteiger partial charge on any atom is -0.497 e. The van der Waals surface area contributed by atoms with Crippen LogP contribution in [-0.4, -0.2) is 84.8 Å². The van der Waals surface area contributed by atoms with Crippen LogP contribution in [0, 0.1) is 0 Å². The van der Waals surface area contributed by atoms with Crippen molar-refractivity contribution < 1.29 is 19.1 Å². The van der Waals surface area contributed by atoms with Gasteiger partial charge in [-0.25, -0.2) is 0 Å². The van der Waals surface area contributed by atoms with E-state index in [4.69, 9.17) is 9.47 Å². The van der Waals surface area contributed by atoms with Gasteiger partial charge in [-0.2, -0.15) is 0 Å². The van der Waals surface area contributed by atoms with Crippen molar-refractivity contribution in [3.05, 3.63) is 66.2 Å². The zero-order valence-corrected chi connectivity index (χ0v) is 22.6. The normalized spacial score (nSPS) is 15.4. The quantitative estimate of drug-likeness (QED) is 0.420. The highest BCUT2D eigenvalue weighted by molar-refractivity contribution is 5.86. The molecule has 2 fully saturated rings. The van der Waals surface area contributed by atoms with Gasteiger partial charge in [-0.1, -0.05) is 30.3 Å². The van der Waals surface area contributed by atoms with Crippen LogP contribution in [-0.2, 0) is 16.0 Å². The number of amides is 2. The molecule has 1 saturated carbocycles. The highest BCUT2D eigenvalue weighted by atomic mass is 16.5. The smallest absolute Gasteiger partial charge is 0.242 e. The molecule has 5 rings (SSSR count). The first kappa shape index (κ1) is 26.5. The van der Waals surface area contributed by atoms with E-state index >= 15 is 0 Å². The van der Waals surface area contributed by atoms with Crippen LogP contribution < -0.4 is 14.4 Å². The lowest BCUT2D eigenvalue weighted by Gasteiger charge is -2.27. The fraction of sp³-hybridized carbons (Fsp3) is 0.400. The van der Waals surface area contributed by atoms with Crippen LogP contribution in [0.2, 0.25) is 0 Å². The zero-order valence-electron chi connectivity index (χ0n) is 22.6. The van der Waals surface area contributed by atoms with Crippen molar-refractivity contribution in [1.29, 1.82) is 0 Å². The molecule has 2 amide bonds. The molecule has 2 aliphatic rings. The Balaban J connectivity index is 1.19. The molecule has 1 saturated heterocycles. The Morgan fingerprint density at radius 2 is 1.74 bits per heavy atom. The lowest BCUT2D eigenvalue weighted by atomic mass is 10.1. The van der Waals surface area contributed by atoms with Gasteiger partial charge >= 0.3 is 0 Å². The second kappa shape index (κ2) is 12.1. The van der Waals surface area contributed by atoms with E-state index < -0.39 is 0 Å². The molecule has 3 aromatic rings. The molecule has 204 valence electrons. The average Bonchev–Trinajstić information content (AvgIpc) is 3.83. The number of aromatic nitrogens is 2. The van der Waals surface area contributed by atoms with E-state index in [-0.39, 0.29) is 24.4 Å². The van der Waals surface area contributed by atoms with Crippen LogP contribution in [0.5, 0.6) is 11.5 Å². The molecule has 1 aliphatic carbocycles. The molecule has 0 radical (unpaired) electrons. The third kappa shape index (κ3) is 6.47. The van der Waals surface area contributed by atoms with E-state index in [1.165, 1.54) is 0 Å². The maximum absolute atomic E-state index is 13.3. The minimum absolute atomic E-state index is 0.0122. The summed E-state index contributed by atoms with van der Waals surface area (Å²) in [5, 5.41) is 8.94. The summed E-state index contributed by atoms with van der Waals surface area (Å²) < 4.78 is 10.8. The highest BCUT2D eigenvalue weighted by Crippen LogP contribution is 2.32. The van der Waals surface area contributed by atoms with Crippen molar-refractivity contribution in [3.63, 3.8) is 0 Å². The Morgan fingerprint density at radius 1 is 0.923 bits per heavy atom. The molecule has 1 aromatic heterocycles. The summed E-state index contributed by atoms with van der Waals surface area (Å²) in [6.07, 6.45) is 3.09. The Morgan fingerprint density at radius 3 is 2.44 bits per heavy atom. The van der Waals surface area contributed by atoms with Gasteiger partial charge in [0.25, 0.3) is 0 Å². The third-order valence-electron chi connectivity index (χ3n) is 7.32. The van der Waals surface area contributed by atoms with Gasteiger partial charge in [0, 0.05) is 43.9 Å². The highest BCUT2D eigenvalue weighted by Gasteiger charge is 2.35. The number of hydrogen-bond acceptors (Lipinski definition) is 7. The van der Waals surface area contributed by atoms with Gasteiger partial charge in [-0.15, -0.1) is 10.2 Å². The van der Waals surface area contributed by atoms with E-state index in [1.807, 2.05) is 65.6 Å². The monoisotopic (exact) mass is 529 g/mol. The topological polar surface area (TPSA) is 88.1 Å². The molecule has 2 heterocycles. The maximum Gasteiger partial charge on any atom is 0.242 e. The number of benzene rings is 2. The van der Waals surface area contributed by atoms with E-state index in [1.54, 1.807) is 19.1 Å². The number of anilines is 1. The number of rotatable bonds is 9. The Kier molecular flexibility index (Phi) is 8.24. The lowest BCUT2D eigenvalue weighted by molar-refractivity contribution is -0.140. The molecular formula is C30H35N5O4. The van der Waals surface area contributed by atoms with Crippen molar-refractivity contribution in [3.8, 4) is 22.8 Å². The first-order chi connectivity index (χ1) is 19.1. The molecule has 0 spiro atoms. The average molecular weight is 530 g/mol. The maximum atomic E-state index is 13.3. The van der Waals surface area contributed by atoms with Gasteiger partial charge in [-0.05, 0) is 49.1 Å². The van der Waals surface area contributed by atoms with E-state index in [0.29, 0.717) is 43.2 Å². The minimum atomic E-state index is 0.0122. The van der Waals surface area contributed by atoms with Crippen molar-refractivity contribution in [2.75, 3.05) is 51.8 Å². The number of carbonyl (C=O) groups is 2. The molecule has 9 heteroatoms. The summed E-state index contributed by atoms with van der Waals surface area (Å²) >= 11 is 0. The van der Waals surface area contributed by atoms with Crippen LogP contribution in [0.3, 0.4) is 0 Å². The molecule has 2 aromatic carbocycles. The lowest BCUT2D eigenvalue weighted by Crippen LogP contribution is -2.45. The van der Waals surface area contributed by atoms with Crippen molar-refractivity contribution in [1.82, 2.24) is 20.0 Å². The molecule has 0 unspecified atom stereocenters. The molecule has 0 atom stereocenters. The SMILES string of the molecule is COc1ccc(-c2ccc(N3CCCN(C(=O)CN(C(=O)Cc4ccccc4)C4CC4)CC3)nn2)c(OC)c1. The van der Waals surface area contributed by atoms with E-state index in [2.05, 4.69) is 15.1 Å². The fourth-order valence-electron chi connectivity index (χ4n) is 4.97. The predicted molar refractivity (Wildman–Crippen MR) is 149 cm³/mol. The number of hydrogen-bond donors (Lipinski definition) is 0. The molecule has 9 nitrogen and oxygen atoms in total. The van der Waals surface area contributed by atoms with Gasteiger partial charge in [0.15, 0.2) is 5.82 Å². The summed E-state index contributed by atoms with van der Waals surface area (Å²) in [6, 6.07) is 19.4. The van der Waals surface area contributed by atoms with E-state index in [9.17, 15) is 9.59 Å². The summed E-state index contributed by atoms with van der Waals surface area (Å²) in [4.78, 5) is 32.1. The number of nitrogens with zero attached hydrogens (tertiary/aromatic N) is 5. The fourth-order valence-corrected chi connectivity index (χ4v) is 4.97. The third-order valence-corrected chi connectivity index (χ3v) is 7.32. The Hall–Kier alpha value is -4.14. The second-order valence-corrected chi connectivity index (χ2v) is 9.98. The summed E-state index contributed by atoms with van der Waals surface area (Å²) in [5.74, 6) is 2.20. The van der Waals surface area contributed by atoms with Gasteiger partial charge in [0.2, 0.25) is 11.8 Å². The van der Waals surface area contributed by atoms with Gasteiger partial charge < -0.3 is 24.2 Å². The predicted octanol–water partition coefficient (Wildman–Crippen LogP) is 3.43. The van der Waals surface area contributed by atoms with Crippen LogP contribution in [0.25, 0.3) is 11.3 Å². The van der Waals surface area contributed by atoms with Crippen molar-refractivity contribution in [2.45, 2.75) is 31.7 Å². The van der Waals surface area contributed by atoms with E-state index in [0.717, 1.165) is 42.8 Å². The Bertz CT molecular complexity index is 1280. The van der Waals surface area contributed by atoms with Gasteiger partial charge in [0.1, 0.15) is 18.0 Å². The Labute approximate surface area is 229 Å². The summed E-state index contributed by atoms with van der Waals surface area (Å²) in [5.41, 5.74) is 2.53. The number of carbonyl (C=O) groups excluding carboxylic acids is 2. The van der Waals surface area contributed by atoms with Crippen LogP contribution in [0.4, 0.5) is 5.82 Å². The second-order valence-electron chi connectivity index (χ2n) is 9.98. The van der Waals surface area contributed by atoms with Gasteiger partial charge in [-0.3, -0.25) is 9.59 Å². The number of ether oxygens (including phenoxy) is 2. The molecular weight excluding hydrogens is 494 g/mol. The molecule has 0 bridgehead atoms. The summed E-state index contributed by atoms with van der Waals surface area (Å²) in [6.45, 7) is 2.83. The molecule has 39 heavy (non-hydrogen) atoms. The first-order valence-corrected chi connectivity index (χ1v) is 13.5. The molecule has 1 aliphatic heterocycles. The zero-order chi connectivity index (χ0) is 27.2. The largest absolute Gasteiger partial charge is 0.497 e. The van der Waals surface area contributed by atoms with Crippen LogP contribution in [0.15, 0.2) is 60.7 Å². The van der Waals surface area contributed by atoms with Crippen LogP contribution in [0.1, 0.15) is 24.8 Å².